The summed E-state index contributed by atoms with van der Waals surface area (Å²) < 4.78 is 11.0. The number of hydrogen-bond donors (Lipinski definition) is 2. The molecule has 3 N–H and O–H groups in total. The fraction of sp³-hybridized carbons (Fsp3) is 0.278. The van der Waals surface area contributed by atoms with E-state index in [0.29, 0.717) is 30.2 Å². The number of para-hydroxylation sites is 2. The SMILES string of the molecule is COc1ccccc1OC(C)CNC(=O)c1ccc(CN)cc1. The second-order valence-corrected chi connectivity index (χ2v) is 5.19. The minimum atomic E-state index is -0.182. The second kappa shape index (κ2) is 8.19. The van der Waals surface area contributed by atoms with Crippen LogP contribution < -0.4 is 20.5 Å². The molecule has 0 aliphatic carbocycles. The van der Waals surface area contributed by atoms with Gasteiger partial charge in [-0.2, -0.15) is 0 Å². The molecule has 1 amide bonds. The fourth-order valence-corrected chi connectivity index (χ4v) is 2.11. The maximum atomic E-state index is 12.1. The van der Waals surface area contributed by atoms with Crippen molar-refractivity contribution < 1.29 is 14.3 Å². The summed E-state index contributed by atoms with van der Waals surface area (Å²) >= 11 is 0. The van der Waals surface area contributed by atoms with Crippen LogP contribution in [-0.2, 0) is 6.54 Å². The first kappa shape index (κ1) is 16.8. The number of carbonyl (C=O) groups excluding carboxylic acids is 1. The Morgan fingerprint density at radius 3 is 2.39 bits per heavy atom. The number of hydrogen-bond acceptors (Lipinski definition) is 4. The summed E-state index contributed by atoms with van der Waals surface area (Å²) in [5.74, 6) is 1.19. The highest BCUT2D eigenvalue weighted by molar-refractivity contribution is 5.94. The van der Waals surface area contributed by atoms with E-state index in [-0.39, 0.29) is 12.0 Å². The molecule has 23 heavy (non-hydrogen) atoms. The van der Waals surface area contributed by atoms with E-state index in [4.69, 9.17) is 15.2 Å². The predicted molar refractivity (Wildman–Crippen MR) is 89.8 cm³/mol. The predicted octanol–water partition coefficient (Wildman–Crippen LogP) is 2.35. The summed E-state index contributed by atoms with van der Waals surface area (Å²) in [7, 11) is 1.60. The molecule has 2 rings (SSSR count). The highest BCUT2D eigenvalue weighted by Gasteiger charge is 2.11. The number of rotatable bonds is 7. The van der Waals surface area contributed by atoms with Gasteiger partial charge in [-0.05, 0) is 36.8 Å². The number of nitrogens with two attached hydrogens (primary N) is 1. The average Bonchev–Trinajstić information content (AvgIpc) is 2.60. The Bertz CT molecular complexity index is 641. The van der Waals surface area contributed by atoms with Crippen molar-refractivity contribution in [2.45, 2.75) is 19.6 Å². The normalized spacial score (nSPS) is 11.6. The number of nitrogens with one attached hydrogen (secondary N) is 1. The quantitative estimate of drug-likeness (QED) is 0.823. The lowest BCUT2D eigenvalue weighted by atomic mass is 10.1. The van der Waals surface area contributed by atoms with Crippen LogP contribution in [0.2, 0.25) is 0 Å². The first-order chi connectivity index (χ1) is 11.1. The molecule has 5 heteroatoms. The molecule has 5 nitrogen and oxygen atoms in total. The fourth-order valence-electron chi connectivity index (χ4n) is 2.11. The average molecular weight is 314 g/mol. The van der Waals surface area contributed by atoms with Crippen molar-refractivity contribution in [2.24, 2.45) is 5.73 Å². The van der Waals surface area contributed by atoms with Crippen molar-refractivity contribution in [3.05, 3.63) is 59.7 Å². The van der Waals surface area contributed by atoms with Gasteiger partial charge >= 0.3 is 0 Å². The van der Waals surface area contributed by atoms with Crippen LogP contribution in [0.1, 0.15) is 22.8 Å². The van der Waals surface area contributed by atoms with Gasteiger partial charge in [0.15, 0.2) is 11.5 Å². The van der Waals surface area contributed by atoms with Crippen LogP contribution in [0.4, 0.5) is 0 Å². The number of carbonyl (C=O) groups is 1. The zero-order valence-electron chi connectivity index (χ0n) is 13.4. The lowest BCUT2D eigenvalue weighted by Crippen LogP contribution is -2.33. The van der Waals surface area contributed by atoms with Crippen LogP contribution in [0.3, 0.4) is 0 Å². The maximum absolute atomic E-state index is 12.1. The van der Waals surface area contributed by atoms with Gasteiger partial charge < -0.3 is 20.5 Å². The van der Waals surface area contributed by atoms with Crippen molar-refractivity contribution in [1.82, 2.24) is 5.32 Å². The van der Waals surface area contributed by atoms with E-state index < -0.39 is 0 Å². The van der Waals surface area contributed by atoms with E-state index >= 15 is 0 Å². The Balaban J connectivity index is 1.88. The summed E-state index contributed by atoms with van der Waals surface area (Å²) in [6, 6.07) is 14.7. The summed E-state index contributed by atoms with van der Waals surface area (Å²) in [6.45, 7) is 2.76. The van der Waals surface area contributed by atoms with Gasteiger partial charge in [-0.1, -0.05) is 24.3 Å². The molecule has 0 saturated heterocycles. The highest BCUT2D eigenvalue weighted by Crippen LogP contribution is 2.26. The topological polar surface area (TPSA) is 73.6 Å². The lowest BCUT2D eigenvalue weighted by Gasteiger charge is -2.17. The van der Waals surface area contributed by atoms with Gasteiger partial charge in [0.2, 0.25) is 0 Å². The summed E-state index contributed by atoms with van der Waals surface area (Å²) in [5.41, 5.74) is 7.14. The van der Waals surface area contributed by atoms with E-state index in [1.54, 1.807) is 19.2 Å². The van der Waals surface area contributed by atoms with E-state index in [1.165, 1.54) is 0 Å². The van der Waals surface area contributed by atoms with Crippen molar-refractivity contribution >= 4 is 5.91 Å². The Hall–Kier alpha value is -2.53. The smallest absolute Gasteiger partial charge is 0.251 e. The van der Waals surface area contributed by atoms with Crippen molar-refractivity contribution in [1.29, 1.82) is 0 Å². The number of methoxy groups -OCH3 is 1. The summed E-state index contributed by atoms with van der Waals surface area (Å²) in [4.78, 5) is 12.1. The molecular weight excluding hydrogens is 292 g/mol. The molecule has 0 fully saturated rings. The van der Waals surface area contributed by atoms with Gasteiger partial charge in [0, 0.05) is 12.1 Å². The highest BCUT2D eigenvalue weighted by atomic mass is 16.5. The van der Waals surface area contributed by atoms with E-state index in [9.17, 15) is 4.79 Å². The second-order valence-electron chi connectivity index (χ2n) is 5.19. The number of amides is 1. The summed E-state index contributed by atoms with van der Waals surface area (Å²) in [5, 5.41) is 2.86. The van der Waals surface area contributed by atoms with Gasteiger partial charge in [0.25, 0.3) is 5.91 Å². The van der Waals surface area contributed by atoms with Crippen molar-refractivity contribution in [3.8, 4) is 11.5 Å². The zero-order chi connectivity index (χ0) is 16.7. The standard InChI is InChI=1S/C18H22N2O3/c1-13(23-17-6-4-3-5-16(17)22-2)12-20-18(21)15-9-7-14(11-19)8-10-15/h3-10,13H,11-12,19H2,1-2H3,(H,20,21). The molecule has 0 saturated carbocycles. The molecule has 0 spiro atoms. The Labute approximate surface area is 136 Å². The largest absolute Gasteiger partial charge is 0.493 e. The third-order valence-electron chi connectivity index (χ3n) is 3.40. The third kappa shape index (κ3) is 4.72. The molecule has 2 aromatic carbocycles. The number of ether oxygens (including phenoxy) is 2. The molecule has 0 radical (unpaired) electrons. The molecular formula is C18H22N2O3. The lowest BCUT2D eigenvalue weighted by molar-refractivity contribution is 0.0931. The number of benzene rings is 2. The molecule has 0 aliphatic heterocycles. The Kier molecular flexibility index (Phi) is 6.00. The van der Waals surface area contributed by atoms with Gasteiger partial charge in [0.1, 0.15) is 6.10 Å². The van der Waals surface area contributed by atoms with E-state index in [1.807, 2.05) is 43.3 Å². The zero-order valence-corrected chi connectivity index (χ0v) is 13.4. The van der Waals surface area contributed by atoms with E-state index in [0.717, 1.165) is 5.56 Å². The van der Waals surface area contributed by atoms with Crippen LogP contribution in [0.25, 0.3) is 0 Å². The minimum absolute atomic E-state index is 0.135. The van der Waals surface area contributed by atoms with Crippen LogP contribution in [0.15, 0.2) is 48.5 Å². The third-order valence-corrected chi connectivity index (χ3v) is 3.40. The van der Waals surface area contributed by atoms with Crippen LogP contribution in [0.5, 0.6) is 11.5 Å². The van der Waals surface area contributed by atoms with Gasteiger partial charge in [0.05, 0.1) is 13.7 Å². The van der Waals surface area contributed by atoms with Crippen LogP contribution >= 0.6 is 0 Å². The van der Waals surface area contributed by atoms with Crippen molar-refractivity contribution in [3.63, 3.8) is 0 Å². The maximum Gasteiger partial charge on any atom is 0.251 e. The molecule has 0 aromatic heterocycles. The first-order valence-corrected chi connectivity index (χ1v) is 7.51. The van der Waals surface area contributed by atoms with Gasteiger partial charge in [-0.25, -0.2) is 0 Å². The summed E-state index contributed by atoms with van der Waals surface area (Å²) in [6.07, 6.45) is -0.182. The molecule has 0 aliphatic rings. The monoisotopic (exact) mass is 314 g/mol. The van der Waals surface area contributed by atoms with Gasteiger partial charge in [-0.15, -0.1) is 0 Å². The van der Waals surface area contributed by atoms with Crippen LogP contribution in [-0.4, -0.2) is 25.7 Å². The van der Waals surface area contributed by atoms with Crippen molar-refractivity contribution in [2.75, 3.05) is 13.7 Å². The van der Waals surface area contributed by atoms with E-state index in [2.05, 4.69) is 5.32 Å². The molecule has 122 valence electrons. The molecule has 1 atom stereocenters. The molecule has 2 aromatic rings. The molecule has 0 heterocycles. The van der Waals surface area contributed by atoms with Gasteiger partial charge in [-0.3, -0.25) is 4.79 Å². The molecule has 0 bridgehead atoms. The van der Waals surface area contributed by atoms with Crippen LogP contribution in [0, 0.1) is 0 Å². The Morgan fingerprint density at radius 2 is 1.78 bits per heavy atom. The first-order valence-electron chi connectivity index (χ1n) is 7.51. The molecule has 1 unspecified atom stereocenters. The minimum Gasteiger partial charge on any atom is -0.493 e. The Morgan fingerprint density at radius 1 is 1.13 bits per heavy atom.